The maximum Gasteiger partial charge on any atom is 0.321 e. The lowest BCUT2D eigenvalue weighted by molar-refractivity contribution is 0.159. The molecule has 1 atom stereocenters. The number of hydrogen-bond acceptors (Lipinski definition) is 4. The molecule has 7 heteroatoms. The zero-order valence-electron chi connectivity index (χ0n) is 14.1. The number of amides is 2. The smallest absolute Gasteiger partial charge is 0.321 e. The van der Waals surface area contributed by atoms with Crippen molar-refractivity contribution in [3.8, 4) is 5.69 Å². The van der Waals surface area contributed by atoms with E-state index in [-0.39, 0.29) is 12.1 Å². The molecular weight excluding hydrogens is 320 g/mol. The van der Waals surface area contributed by atoms with E-state index in [0.29, 0.717) is 18.2 Å². The predicted octanol–water partition coefficient (Wildman–Crippen LogP) is 3.28. The van der Waals surface area contributed by atoms with Gasteiger partial charge in [0.25, 0.3) is 0 Å². The molecule has 2 amide bonds. The van der Waals surface area contributed by atoms with Crippen LogP contribution in [-0.4, -0.2) is 29.5 Å². The number of ether oxygens (including phenoxy) is 1. The van der Waals surface area contributed by atoms with Crippen molar-refractivity contribution in [1.82, 2.24) is 15.1 Å². The molecule has 3 rings (SSSR count). The number of aromatic nitrogens is 2. The summed E-state index contributed by atoms with van der Waals surface area (Å²) in [5, 5.41) is 9.96. The highest BCUT2D eigenvalue weighted by molar-refractivity contribution is 5.88. The molecule has 2 aromatic heterocycles. The largest absolute Gasteiger partial charge is 0.467 e. The van der Waals surface area contributed by atoms with Crippen LogP contribution in [0.25, 0.3) is 5.69 Å². The summed E-state index contributed by atoms with van der Waals surface area (Å²) in [6, 6.07) is 12.4. The fraction of sp³-hybridized carbons (Fsp3) is 0.222. The zero-order valence-corrected chi connectivity index (χ0v) is 14.1. The second kappa shape index (κ2) is 7.67. The number of rotatable bonds is 6. The van der Waals surface area contributed by atoms with Crippen molar-refractivity contribution in [2.24, 2.45) is 0 Å². The Balaban J connectivity index is 1.74. The summed E-state index contributed by atoms with van der Waals surface area (Å²) >= 11 is 0. The molecule has 0 aliphatic rings. The van der Waals surface area contributed by atoms with Gasteiger partial charge in [0.05, 0.1) is 24.8 Å². The monoisotopic (exact) mass is 340 g/mol. The minimum absolute atomic E-state index is 0.304. The van der Waals surface area contributed by atoms with E-state index < -0.39 is 0 Å². The van der Waals surface area contributed by atoms with Gasteiger partial charge in [-0.25, -0.2) is 9.48 Å². The Morgan fingerprint density at radius 3 is 2.84 bits per heavy atom. The molecule has 0 radical (unpaired) electrons. The molecule has 2 N–H and O–H groups in total. The van der Waals surface area contributed by atoms with Gasteiger partial charge in [0, 0.05) is 13.2 Å². The first-order valence-corrected chi connectivity index (χ1v) is 7.89. The van der Waals surface area contributed by atoms with Gasteiger partial charge < -0.3 is 14.5 Å². The van der Waals surface area contributed by atoms with Gasteiger partial charge in [-0.2, -0.15) is 5.10 Å². The molecule has 130 valence electrons. The third-order valence-electron chi connectivity index (χ3n) is 3.75. The number of para-hydroxylation sites is 1. The van der Waals surface area contributed by atoms with E-state index in [2.05, 4.69) is 15.7 Å². The lowest BCUT2D eigenvalue weighted by Crippen LogP contribution is -2.35. The van der Waals surface area contributed by atoms with Gasteiger partial charge in [-0.15, -0.1) is 0 Å². The highest BCUT2D eigenvalue weighted by Crippen LogP contribution is 2.19. The Morgan fingerprint density at radius 1 is 1.28 bits per heavy atom. The second-order valence-corrected chi connectivity index (χ2v) is 5.54. The molecule has 2 heterocycles. The summed E-state index contributed by atoms with van der Waals surface area (Å²) in [6.07, 6.45) is 3.20. The molecule has 0 spiro atoms. The summed E-state index contributed by atoms with van der Waals surface area (Å²) in [6.45, 7) is 2.30. The summed E-state index contributed by atoms with van der Waals surface area (Å²) in [7, 11) is 1.57. The van der Waals surface area contributed by atoms with Gasteiger partial charge in [-0.3, -0.25) is 5.32 Å². The van der Waals surface area contributed by atoms with Gasteiger partial charge >= 0.3 is 6.03 Å². The van der Waals surface area contributed by atoms with Crippen LogP contribution in [0.15, 0.2) is 59.3 Å². The third kappa shape index (κ3) is 3.89. The average Bonchev–Trinajstić information content (AvgIpc) is 3.27. The van der Waals surface area contributed by atoms with Crippen molar-refractivity contribution in [1.29, 1.82) is 0 Å². The Bertz CT molecular complexity index is 826. The van der Waals surface area contributed by atoms with E-state index in [1.54, 1.807) is 42.5 Å². The predicted molar refractivity (Wildman–Crippen MR) is 93.8 cm³/mol. The van der Waals surface area contributed by atoms with Crippen molar-refractivity contribution in [3.63, 3.8) is 0 Å². The van der Waals surface area contributed by atoms with Gasteiger partial charge in [0.1, 0.15) is 17.6 Å². The van der Waals surface area contributed by atoms with Crippen molar-refractivity contribution in [2.45, 2.75) is 13.0 Å². The highest BCUT2D eigenvalue weighted by atomic mass is 16.5. The van der Waals surface area contributed by atoms with Crippen LogP contribution in [0, 0.1) is 6.92 Å². The number of furan rings is 1. The molecule has 25 heavy (non-hydrogen) atoms. The fourth-order valence-electron chi connectivity index (χ4n) is 2.55. The fourth-order valence-corrected chi connectivity index (χ4v) is 2.55. The average molecular weight is 340 g/mol. The van der Waals surface area contributed by atoms with Gasteiger partial charge in [-0.1, -0.05) is 18.2 Å². The van der Waals surface area contributed by atoms with Crippen molar-refractivity contribution < 1.29 is 13.9 Å². The quantitative estimate of drug-likeness (QED) is 0.721. The SMILES string of the molecule is COC[C@@H](NC(=O)Nc1ccnn1-c1ccccc1C)c1ccco1. The van der Waals surface area contributed by atoms with Crippen LogP contribution < -0.4 is 10.6 Å². The molecule has 0 saturated carbocycles. The first kappa shape index (κ1) is 16.8. The van der Waals surface area contributed by atoms with E-state index in [1.807, 2.05) is 31.2 Å². The molecule has 0 fully saturated rings. The summed E-state index contributed by atoms with van der Waals surface area (Å²) in [4.78, 5) is 12.4. The standard InChI is InChI=1S/C18H20N4O3/c1-13-6-3-4-7-15(13)22-17(9-10-19-22)21-18(23)20-14(12-24-2)16-8-5-11-25-16/h3-11,14H,12H2,1-2H3,(H2,20,21,23)/t14-/m1/s1. The molecule has 0 bridgehead atoms. The minimum Gasteiger partial charge on any atom is -0.467 e. The first-order valence-electron chi connectivity index (χ1n) is 7.89. The van der Waals surface area contributed by atoms with Crippen molar-refractivity contribution in [2.75, 3.05) is 19.0 Å². The van der Waals surface area contributed by atoms with E-state index in [4.69, 9.17) is 9.15 Å². The lowest BCUT2D eigenvalue weighted by atomic mass is 10.2. The Labute approximate surface area is 145 Å². The molecule has 0 saturated heterocycles. The summed E-state index contributed by atoms with van der Waals surface area (Å²) in [5.41, 5.74) is 1.96. The molecule has 7 nitrogen and oxygen atoms in total. The number of aryl methyl sites for hydroxylation is 1. The normalized spacial score (nSPS) is 11.9. The summed E-state index contributed by atoms with van der Waals surface area (Å²) in [5.74, 6) is 1.20. The number of nitrogens with one attached hydrogen (secondary N) is 2. The van der Waals surface area contributed by atoms with E-state index >= 15 is 0 Å². The number of nitrogens with zero attached hydrogens (tertiary/aromatic N) is 2. The van der Waals surface area contributed by atoms with Crippen LogP contribution in [0.3, 0.4) is 0 Å². The van der Waals surface area contributed by atoms with E-state index in [9.17, 15) is 4.79 Å². The number of benzene rings is 1. The Morgan fingerprint density at radius 2 is 2.12 bits per heavy atom. The van der Waals surface area contributed by atoms with Crippen LogP contribution in [0.1, 0.15) is 17.4 Å². The van der Waals surface area contributed by atoms with Crippen LogP contribution in [0.5, 0.6) is 0 Å². The number of methoxy groups -OCH3 is 1. The Kier molecular flexibility index (Phi) is 5.15. The molecule has 0 aliphatic carbocycles. The molecular formula is C18H20N4O3. The van der Waals surface area contributed by atoms with E-state index in [0.717, 1.165) is 11.3 Å². The lowest BCUT2D eigenvalue weighted by Gasteiger charge is -2.17. The number of hydrogen-bond donors (Lipinski definition) is 2. The highest BCUT2D eigenvalue weighted by Gasteiger charge is 2.18. The van der Waals surface area contributed by atoms with Crippen LogP contribution in [0.2, 0.25) is 0 Å². The van der Waals surface area contributed by atoms with Gasteiger partial charge in [0.15, 0.2) is 0 Å². The third-order valence-corrected chi connectivity index (χ3v) is 3.75. The number of carbonyl (C=O) groups is 1. The molecule has 0 unspecified atom stereocenters. The van der Waals surface area contributed by atoms with Crippen LogP contribution in [-0.2, 0) is 4.74 Å². The molecule has 0 aliphatic heterocycles. The number of carbonyl (C=O) groups excluding carboxylic acids is 1. The second-order valence-electron chi connectivity index (χ2n) is 5.54. The maximum absolute atomic E-state index is 12.4. The number of anilines is 1. The molecule has 3 aromatic rings. The van der Waals surface area contributed by atoms with E-state index in [1.165, 1.54) is 0 Å². The van der Waals surface area contributed by atoms with Crippen molar-refractivity contribution in [3.05, 3.63) is 66.2 Å². The zero-order chi connectivity index (χ0) is 17.6. The van der Waals surface area contributed by atoms with Gasteiger partial charge in [-0.05, 0) is 30.7 Å². The van der Waals surface area contributed by atoms with Crippen LogP contribution in [0.4, 0.5) is 10.6 Å². The van der Waals surface area contributed by atoms with Crippen molar-refractivity contribution >= 4 is 11.8 Å². The van der Waals surface area contributed by atoms with Gasteiger partial charge in [0.2, 0.25) is 0 Å². The minimum atomic E-state index is -0.380. The topological polar surface area (TPSA) is 81.3 Å². The first-order chi connectivity index (χ1) is 12.2. The molecule has 1 aromatic carbocycles. The number of urea groups is 1. The maximum atomic E-state index is 12.4. The van der Waals surface area contributed by atoms with Crippen LogP contribution >= 0.6 is 0 Å². The summed E-state index contributed by atoms with van der Waals surface area (Å²) < 4.78 is 12.2. The Hall–Kier alpha value is -3.06.